The number of nitrogens with zero attached hydrogens (tertiary/aromatic N) is 4. The first-order chi connectivity index (χ1) is 11.1. The first-order valence-electron chi connectivity index (χ1n) is 7.59. The van der Waals surface area contributed by atoms with Crippen LogP contribution in [0.2, 0.25) is 0 Å². The molecule has 1 aromatic rings. The molecule has 1 aliphatic rings. The molecule has 2 heterocycles. The lowest BCUT2D eigenvalue weighted by molar-refractivity contribution is 0.384. The van der Waals surface area contributed by atoms with Gasteiger partial charge in [0.15, 0.2) is 5.96 Å². The molecule has 0 aliphatic carbocycles. The zero-order valence-corrected chi connectivity index (χ0v) is 14.4. The number of aliphatic imine (C=N–C) groups is 1. The van der Waals surface area contributed by atoms with Crippen molar-refractivity contribution in [2.75, 3.05) is 57.5 Å². The Morgan fingerprint density at radius 3 is 2.61 bits per heavy atom. The highest BCUT2D eigenvalue weighted by atomic mass is 32.2. The predicted octanol–water partition coefficient (Wildman–Crippen LogP) is -0.672. The molecule has 0 atom stereocenters. The van der Waals surface area contributed by atoms with Gasteiger partial charge >= 0.3 is 0 Å². The zero-order valence-electron chi connectivity index (χ0n) is 13.6. The number of hydrogen-bond acceptors (Lipinski definition) is 5. The molecule has 0 aromatic carbocycles. The van der Waals surface area contributed by atoms with Crippen LogP contribution >= 0.6 is 0 Å². The SMILES string of the molecule is CN=C(NC)NCCS(=O)(=O)N1CCN(c2ccccn2)CC1. The van der Waals surface area contributed by atoms with Gasteiger partial charge in [-0.3, -0.25) is 4.99 Å². The van der Waals surface area contributed by atoms with Crippen molar-refractivity contribution in [1.29, 1.82) is 0 Å². The summed E-state index contributed by atoms with van der Waals surface area (Å²) in [5.41, 5.74) is 0. The first-order valence-corrected chi connectivity index (χ1v) is 9.20. The van der Waals surface area contributed by atoms with Gasteiger partial charge in [0.2, 0.25) is 10.0 Å². The standard InChI is InChI=1S/C14H24N6O2S/c1-15-14(16-2)18-7-12-23(21,22)20-10-8-19(9-11-20)13-5-3-4-6-17-13/h3-6H,7-12H2,1-2H3,(H2,15,16,18). The van der Waals surface area contributed by atoms with Crippen LogP contribution in [0.5, 0.6) is 0 Å². The van der Waals surface area contributed by atoms with Crippen molar-refractivity contribution < 1.29 is 8.42 Å². The van der Waals surface area contributed by atoms with Crippen molar-refractivity contribution in [1.82, 2.24) is 19.9 Å². The van der Waals surface area contributed by atoms with E-state index in [2.05, 4.69) is 25.5 Å². The van der Waals surface area contributed by atoms with Crippen LogP contribution in [0.1, 0.15) is 0 Å². The summed E-state index contributed by atoms with van der Waals surface area (Å²) in [6.07, 6.45) is 1.75. The molecule has 8 nitrogen and oxygen atoms in total. The number of pyridine rings is 1. The van der Waals surface area contributed by atoms with E-state index in [9.17, 15) is 8.42 Å². The maximum atomic E-state index is 12.4. The van der Waals surface area contributed by atoms with E-state index in [1.54, 1.807) is 24.6 Å². The van der Waals surface area contributed by atoms with E-state index in [1.165, 1.54) is 0 Å². The van der Waals surface area contributed by atoms with Crippen LogP contribution < -0.4 is 15.5 Å². The summed E-state index contributed by atoms with van der Waals surface area (Å²) in [4.78, 5) is 10.4. The molecule has 2 N–H and O–H groups in total. The van der Waals surface area contributed by atoms with Crippen LogP contribution in [0.3, 0.4) is 0 Å². The number of hydrogen-bond donors (Lipinski definition) is 2. The molecule has 0 amide bonds. The summed E-state index contributed by atoms with van der Waals surface area (Å²) in [5.74, 6) is 1.53. The average Bonchev–Trinajstić information content (AvgIpc) is 2.59. The third kappa shape index (κ3) is 4.80. The second-order valence-electron chi connectivity index (χ2n) is 5.14. The number of sulfonamides is 1. The van der Waals surface area contributed by atoms with Gasteiger partial charge < -0.3 is 15.5 Å². The summed E-state index contributed by atoms with van der Waals surface area (Å²) in [6, 6.07) is 5.75. The highest BCUT2D eigenvalue weighted by Crippen LogP contribution is 2.14. The van der Waals surface area contributed by atoms with Crippen LogP contribution in [0.4, 0.5) is 5.82 Å². The maximum absolute atomic E-state index is 12.4. The molecule has 1 aromatic heterocycles. The van der Waals surface area contributed by atoms with Crippen LogP contribution in [-0.4, -0.2) is 76.2 Å². The van der Waals surface area contributed by atoms with E-state index in [-0.39, 0.29) is 5.75 Å². The fourth-order valence-corrected chi connectivity index (χ4v) is 3.78. The molecule has 2 rings (SSSR count). The molecule has 1 aliphatic heterocycles. The van der Waals surface area contributed by atoms with E-state index in [4.69, 9.17) is 0 Å². The minimum absolute atomic E-state index is 0.0529. The highest BCUT2D eigenvalue weighted by Gasteiger charge is 2.26. The maximum Gasteiger partial charge on any atom is 0.215 e. The molecule has 23 heavy (non-hydrogen) atoms. The van der Waals surface area contributed by atoms with Crippen LogP contribution in [0.15, 0.2) is 29.4 Å². The minimum atomic E-state index is -3.26. The predicted molar refractivity (Wildman–Crippen MR) is 92.2 cm³/mol. The Bertz CT molecular complexity index is 611. The summed E-state index contributed by atoms with van der Waals surface area (Å²) >= 11 is 0. The van der Waals surface area contributed by atoms with Crippen molar-refractivity contribution in [3.8, 4) is 0 Å². The molecular formula is C14H24N6O2S. The van der Waals surface area contributed by atoms with Gasteiger partial charge in [0.1, 0.15) is 5.82 Å². The topological polar surface area (TPSA) is 89.9 Å². The largest absolute Gasteiger partial charge is 0.359 e. The lowest BCUT2D eigenvalue weighted by Gasteiger charge is -2.34. The van der Waals surface area contributed by atoms with Crippen LogP contribution in [0.25, 0.3) is 0 Å². The molecule has 0 unspecified atom stereocenters. The number of rotatable bonds is 5. The summed E-state index contributed by atoms with van der Waals surface area (Å²) in [7, 11) is 0.120. The van der Waals surface area contributed by atoms with Gasteiger partial charge in [-0.2, -0.15) is 4.31 Å². The van der Waals surface area contributed by atoms with Crippen molar-refractivity contribution in [2.45, 2.75) is 0 Å². The molecule has 9 heteroatoms. The number of aromatic nitrogens is 1. The third-order valence-electron chi connectivity index (χ3n) is 3.72. The molecule has 1 saturated heterocycles. The molecule has 1 fully saturated rings. The van der Waals surface area contributed by atoms with E-state index in [1.807, 2.05) is 18.2 Å². The van der Waals surface area contributed by atoms with Crippen LogP contribution in [0, 0.1) is 0 Å². The second kappa shape index (κ2) is 8.11. The fourth-order valence-electron chi connectivity index (χ4n) is 2.44. The van der Waals surface area contributed by atoms with Crippen molar-refractivity contribution in [2.24, 2.45) is 4.99 Å². The Morgan fingerprint density at radius 1 is 1.30 bits per heavy atom. The molecule has 0 bridgehead atoms. The summed E-state index contributed by atoms with van der Waals surface area (Å²) in [5, 5.41) is 5.82. The Morgan fingerprint density at radius 2 is 2.04 bits per heavy atom. The molecule has 0 radical (unpaired) electrons. The number of anilines is 1. The minimum Gasteiger partial charge on any atom is -0.359 e. The van der Waals surface area contributed by atoms with Crippen molar-refractivity contribution in [3.63, 3.8) is 0 Å². The molecular weight excluding hydrogens is 316 g/mol. The number of nitrogens with one attached hydrogen (secondary N) is 2. The van der Waals surface area contributed by atoms with Gasteiger partial charge in [-0.15, -0.1) is 0 Å². The lowest BCUT2D eigenvalue weighted by atomic mass is 10.3. The average molecular weight is 340 g/mol. The van der Waals surface area contributed by atoms with Crippen LogP contribution in [-0.2, 0) is 10.0 Å². The van der Waals surface area contributed by atoms with Gasteiger partial charge in [0.05, 0.1) is 5.75 Å². The quantitative estimate of drug-likeness (QED) is 0.546. The van der Waals surface area contributed by atoms with Crippen molar-refractivity contribution >= 4 is 21.8 Å². The Labute approximate surface area is 137 Å². The smallest absolute Gasteiger partial charge is 0.215 e. The molecule has 0 spiro atoms. The molecule has 128 valence electrons. The normalized spacial score (nSPS) is 17.1. The second-order valence-corrected chi connectivity index (χ2v) is 7.23. The Balaban J connectivity index is 1.84. The van der Waals surface area contributed by atoms with Gasteiger partial charge in [-0.25, -0.2) is 13.4 Å². The number of guanidine groups is 1. The number of piperazine rings is 1. The van der Waals surface area contributed by atoms with E-state index in [0.29, 0.717) is 38.7 Å². The fraction of sp³-hybridized carbons (Fsp3) is 0.571. The summed E-state index contributed by atoms with van der Waals surface area (Å²) < 4.78 is 26.3. The van der Waals surface area contributed by atoms with E-state index >= 15 is 0 Å². The van der Waals surface area contributed by atoms with Crippen molar-refractivity contribution in [3.05, 3.63) is 24.4 Å². The van der Waals surface area contributed by atoms with E-state index < -0.39 is 10.0 Å². The lowest BCUT2D eigenvalue weighted by Crippen LogP contribution is -2.50. The first kappa shape index (κ1) is 17.5. The monoisotopic (exact) mass is 340 g/mol. The summed E-state index contributed by atoms with van der Waals surface area (Å²) in [6.45, 7) is 2.61. The van der Waals surface area contributed by atoms with Gasteiger partial charge in [-0.05, 0) is 12.1 Å². The van der Waals surface area contributed by atoms with Gasteiger partial charge in [0, 0.05) is 53.0 Å². The van der Waals surface area contributed by atoms with Gasteiger partial charge in [-0.1, -0.05) is 6.07 Å². The Kier molecular flexibility index (Phi) is 6.17. The Hall–Kier alpha value is -1.87. The highest BCUT2D eigenvalue weighted by molar-refractivity contribution is 7.89. The molecule has 0 saturated carbocycles. The zero-order chi connectivity index (χ0) is 16.7. The van der Waals surface area contributed by atoms with Gasteiger partial charge in [0.25, 0.3) is 0 Å². The van der Waals surface area contributed by atoms with E-state index in [0.717, 1.165) is 5.82 Å². The third-order valence-corrected chi connectivity index (χ3v) is 5.59.